The van der Waals surface area contributed by atoms with Gasteiger partial charge in [-0.2, -0.15) is 0 Å². The summed E-state index contributed by atoms with van der Waals surface area (Å²) in [7, 11) is 0. The Hall–Kier alpha value is -1.22. The van der Waals surface area contributed by atoms with Crippen LogP contribution in [0.3, 0.4) is 0 Å². The molecule has 14 heavy (non-hydrogen) atoms. The van der Waals surface area contributed by atoms with Crippen molar-refractivity contribution in [3.05, 3.63) is 23.3 Å². The van der Waals surface area contributed by atoms with Gasteiger partial charge in [-0.3, -0.25) is 0 Å². The second kappa shape index (κ2) is 2.89. The zero-order valence-electron chi connectivity index (χ0n) is 8.17. The Labute approximate surface area is 83.0 Å². The van der Waals surface area contributed by atoms with Gasteiger partial charge in [0.15, 0.2) is 11.5 Å². The van der Waals surface area contributed by atoms with Gasteiger partial charge in [-0.05, 0) is 29.2 Å². The smallest absolute Gasteiger partial charge is 0.231 e. The molecule has 1 atom stereocenters. The van der Waals surface area contributed by atoms with E-state index in [1.165, 1.54) is 11.1 Å². The summed E-state index contributed by atoms with van der Waals surface area (Å²) in [6.07, 6.45) is 0. The molecule has 3 rings (SSSR count). The summed E-state index contributed by atoms with van der Waals surface area (Å²) in [5.74, 6) is 2.35. The van der Waals surface area contributed by atoms with Crippen molar-refractivity contribution in [3.8, 4) is 11.5 Å². The average Bonchev–Trinajstić information content (AvgIpc) is 2.62. The van der Waals surface area contributed by atoms with E-state index in [4.69, 9.17) is 9.47 Å². The number of benzene rings is 1. The minimum atomic E-state index is 0.361. The highest BCUT2D eigenvalue weighted by Gasteiger charge is 2.22. The second-order valence-electron chi connectivity index (χ2n) is 3.94. The van der Waals surface area contributed by atoms with Crippen molar-refractivity contribution < 1.29 is 9.47 Å². The van der Waals surface area contributed by atoms with E-state index in [1.807, 2.05) is 0 Å². The van der Waals surface area contributed by atoms with Crippen LogP contribution in [0.4, 0.5) is 0 Å². The standard InChI is InChI=1S/C11H13NO2/c1-7-4-12-5-8-2-10-11(3-9(7)8)14-6-13-10/h2-3,7,12H,4-6H2,1H3. The van der Waals surface area contributed by atoms with Crippen LogP contribution in [0.1, 0.15) is 24.0 Å². The average molecular weight is 191 g/mol. The number of hydrogen-bond acceptors (Lipinski definition) is 3. The van der Waals surface area contributed by atoms with Gasteiger partial charge in [0.05, 0.1) is 0 Å². The van der Waals surface area contributed by atoms with E-state index in [2.05, 4.69) is 24.4 Å². The van der Waals surface area contributed by atoms with Crippen molar-refractivity contribution in [3.63, 3.8) is 0 Å². The molecule has 0 spiro atoms. The third-order valence-corrected chi connectivity index (χ3v) is 2.93. The number of hydrogen-bond donors (Lipinski definition) is 1. The van der Waals surface area contributed by atoms with Gasteiger partial charge in [-0.1, -0.05) is 6.92 Å². The Morgan fingerprint density at radius 2 is 2.07 bits per heavy atom. The first-order valence-electron chi connectivity index (χ1n) is 4.98. The topological polar surface area (TPSA) is 30.5 Å². The Morgan fingerprint density at radius 3 is 2.93 bits per heavy atom. The first-order valence-corrected chi connectivity index (χ1v) is 4.98. The fourth-order valence-electron chi connectivity index (χ4n) is 2.14. The van der Waals surface area contributed by atoms with E-state index in [-0.39, 0.29) is 0 Å². The van der Waals surface area contributed by atoms with Crippen LogP contribution >= 0.6 is 0 Å². The van der Waals surface area contributed by atoms with Crippen LogP contribution in [0.25, 0.3) is 0 Å². The fraction of sp³-hybridized carbons (Fsp3) is 0.455. The predicted molar refractivity (Wildman–Crippen MR) is 52.7 cm³/mol. The molecule has 1 aromatic carbocycles. The van der Waals surface area contributed by atoms with Gasteiger partial charge in [0.25, 0.3) is 0 Å². The maximum absolute atomic E-state index is 5.37. The van der Waals surface area contributed by atoms with Crippen molar-refractivity contribution in [2.75, 3.05) is 13.3 Å². The number of fused-ring (bicyclic) bond motifs is 2. The van der Waals surface area contributed by atoms with Gasteiger partial charge in [0.1, 0.15) is 0 Å². The SMILES string of the molecule is CC1CNCc2cc3c(cc21)OCO3. The molecule has 2 aliphatic rings. The monoisotopic (exact) mass is 191 g/mol. The lowest BCUT2D eigenvalue weighted by Gasteiger charge is -2.23. The Balaban J connectivity index is 2.12. The highest BCUT2D eigenvalue weighted by Crippen LogP contribution is 2.38. The number of nitrogens with one attached hydrogen (secondary N) is 1. The largest absolute Gasteiger partial charge is 0.454 e. The lowest BCUT2D eigenvalue weighted by Crippen LogP contribution is -2.26. The van der Waals surface area contributed by atoms with E-state index in [1.54, 1.807) is 0 Å². The maximum Gasteiger partial charge on any atom is 0.231 e. The van der Waals surface area contributed by atoms with Crippen LogP contribution in [0.5, 0.6) is 11.5 Å². The molecule has 0 aromatic heterocycles. The van der Waals surface area contributed by atoms with Crippen LogP contribution in [0, 0.1) is 0 Å². The van der Waals surface area contributed by atoms with Crippen LogP contribution in [0.15, 0.2) is 12.1 Å². The molecule has 0 saturated heterocycles. The highest BCUT2D eigenvalue weighted by atomic mass is 16.7. The first kappa shape index (κ1) is 8.12. The van der Waals surface area contributed by atoms with E-state index < -0.39 is 0 Å². The second-order valence-corrected chi connectivity index (χ2v) is 3.94. The van der Waals surface area contributed by atoms with Crippen molar-refractivity contribution in [1.29, 1.82) is 0 Å². The molecule has 0 saturated carbocycles. The molecule has 0 radical (unpaired) electrons. The number of ether oxygens (including phenoxy) is 2. The van der Waals surface area contributed by atoms with E-state index >= 15 is 0 Å². The van der Waals surface area contributed by atoms with Crippen molar-refractivity contribution in [2.45, 2.75) is 19.4 Å². The van der Waals surface area contributed by atoms with Crippen LogP contribution < -0.4 is 14.8 Å². The van der Waals surface area contributed by atoms with Crippen molar-refractivity contribution in [2.24, 2.45) is 0 Å². The Bertz CT molecular complexity index is 376. The molecular formula is C11H13NO2. The summed E-state index contributed by atoms with van der Waals surface area (Å²) < 4.78 is 10.7. The van der Waals surface area contributed by atoms with Gasteiger partial charge < -0.3 is 14.8 Å². The minimum absolute atomic E-state index is 0.361. The summed E-state index contributed by atoms with van der Waals surface area (Å²) in [5, 5.41) is 3.39. The van der Waals surface area contributed by atoms with E-state index in [0.717, 1.165) is 24.6 Å². The van der Waals surface area contributed by atoms with Crippen molar-refractivity contribution in [1.82, 2.24) is 5.32 Å². The van der Waals surface area contributed by atoms with Crippen molar-refractivity contribution >= 4 is 0 Å². The normalized spacial score (nSPS) is 23.4. The molecule has 0 bridgehead atoms. The Kier molecular flexibility index (Phi) is 1.67. The maximum atomic E-state index is 5.37. The molecule has 0 aliphatic carbocycles. The summed E-state index contributed by atoms with van der Waals surface area (Å²) >= 11 is 0. The molecule has 2 heterocycles. The molecule has 74 valence electrons. The van der Waals surface area contributed by atoms with Crippen LogP contribution in [0.2, 0.25) is 0 Å². The fourth-order valence-corrected chi connectivity index (χ4v) is 2.14. The van der Waals surface area contributed by atoms with E-state index in [9.17, 15) is 0 Å². The van der Waals surface area contributed by atoms with Gasteiger partial charge in [-0.15, -0.1) is 0 Å². The molecule has 1 aromatic rings. The summed E-state index contributed by atoms with van der Waals surface area (Å²) in [5.41, 5.74) is 2.74. The molecule has 3 heteroatoms. The quantitative estimate of drug-likeness (QED) is 0.676. The Morgan fingerprint density at radius 1 is 1.29 bits per heavy atom. The number of rotatable bonds is 0. The predicted octanol–water partition coefficient (Wildman–Crippen LogP) is 1.62. The highest BCUT2D eigenvalue weighted by molar-refractivity contribution is 5.50. The molecule has 1 unspecified atom stereocenters. The molecule has 3 nitrogen and oxygen atoms in total. The molecule has 1 N–H and O–H groups in total. The van der Waals surface area contributed by atoms with Gasteiger partial charge in [0, 0.05) is 13.1 Å². The summed E-state index contributed by atoms with van der Waals surface area (Å²) in [6.45, 7) is 4.58. The van der Waals surface area contributed by atoms with Crippen LogP contribution in [-0.4, -0.2) is 13.3 Å². The molecule has 2 aliphatic heterocycles. The van der Waals surface area contributed by atoms with Gasteiger partial charge in [0.2, 0.25) is 6.79 Å². The van der Waals surface area contributed by atoms with Gasteiger partial charge >= 0.3 is 0 Å². The zero-order valence-corrected chi connectivity index (χ0v) is 8.17. The summed E-state index contributed by atoms with van der Waals surface area (Å²) in [6, 6.07) is 4.23. The third-order valence-electron chi connectivity index (χ3n) is 2.93. The third kappa shape index (κ3) is 1.09. The van der Waals surface area contributed by atoms with Crippen LogP contribution in [-0.2, 0) is 6.54 Å². The lowest BCUT2D eigenvalue weighted by atomic mass is 9.92. The molecule has 0 fully saturated rings. The molecule has 0 amide bonds. The zero-order chi connectivity index (χ0) is 9.54. The van der Waals surface area contributed by atoms with Gasteiger partial charge in [-0.25, -0.2) is 0 Å². The lowest BCUT2D eigenvalue weighted by molar-refractivity contribution is 0.174. The minimum Gasteiger partial charge on any atom is -0.454 e. The summed E-state index contributed by atoms with van der Waals surface area (Å²) in [4.78, 5) is 0. The van der Waals surface area contributed by atoms with E-state index in [0.29, 0.717) is 12.7 Å². The molecular weight excluding hydrogens is 178 g/mol. The first-order chi connectivity index (χ1) is 6.84.